The number of aryl methyl sites for hydroxylation is 1. The number of rotatable bonds is 6. The Bertz CT molecular complexity index is 868. The highest BCUT2D eigenvalue weighted by Crippen LogP contribution is 2.26. The van der Waals surface area contributed by atoms with Crippen LogP contribution in [0.2, 0.25) is 0 Å². The van der Waals surface area contributed by atoms with Crippen LogP contribution in [0.25, 0.3) is 6.08 Å². The number of hydrogen-bond acceptors (Lipinski definition) is 5. The van der Waals surface area contributed by atoms with Gasteiger partial charge in [-0.05, 0) is 53.9 Å². The van der Waals surface area contributed by atoms with Gasteiger partial charge in [0.25, 0.3) is 5.91 Å². The van der Waals surface area contributed by atoms with Gasteiger partial charge in [-0.25, -0.2) is 0 Å². The predicted octanol–water partition coefficient (Wildman–Crippen LogP) is 3.74. The number of aliphatic imine (C=N–C) groups is 1. The lowest BCUT2D eigenvalue weighted by atomic mass is 10.1. The molecule has 1 N–H and O–H groups in total. The van der Waals surface area contributed by atoms with Crippen molar-refractivity contribution in [1.82, 2.24) is 5.32 Å². The largest absolute Gasteiger partial charge is 0.494 e. The van der Waals surface area contributed by atoms with Crippen molar-refractivity contribution < 1.29 is 9.53 Å². The van der Waals surface area contributed by atoms with Crippen LogP contribution in [0.3, 0.4) is 0 Å². The second kappa shape index (κ2) is 8.88. The van der Waals surface area contributed by atoms with Crippen molar-refractivity contribution in [3.05, 3.63) is 70.6 Å². The van der Waals surface area contributed by atoms with Crippen LogP contribution in [-0.2, 0) is 11.2 Å². The Kier molecular flexibility index (Phi) is 6.07. The maximum Gasteiger partial charge on any atom is 0.264 e. The number of carbonyl (C=O) groups is 1. The standard InChI is InChI=1S/C20H17N3O2S/c21-14-22-20-23-19(24)18(26-20)13-16-8-10-17(11-9-16)25-12-4-7-15-5-2-1-3-6-15/h1-3,5-6,8-11,13H,4,7,12H2,(H,22,23,24). The first-order valence-electron chi connectivity index (χ1n) is 8.19. The average Bonchev–Trinajstić information content (AvgIpc) is 3.00. The molecule has 0 spiro atoms. The Morgan fingerprint density at radius 2 is 1.92 bits per heavy atom. The number of amidine groups is 1. The number of benzene rings is 2. The minimum Gasteiger partial charge on any atom is -0.494 e. The molecule has 130 valence electrons. The smallest absolute Gasteiger partial charge is 0.264 e. The summed E-state index contributed by atoms with van der Waals surface area (Å²) in [7, 11) is 0. The number of hydrogen-bond donors (Lipinski definition) is 1. The van der Waals surface area contributed by atoms with E-state index in [0.29, 0.717) is 16.7 Å². The minimum absolute atomic E-state index is 0.245. The Morgan fingerprint density at radius 3 is 2.65 bits per heavy atom. The van der Waals surface area contributed by atoms with E-state index in [1.165, 1.54) is 5.56 Å². The summed E-state index contributed by atoms with van der Waals surface area (Å²) < 4.78 is 5.76. The van der Waals surface area contributed by atoms with Crippen LogP contribution in [0.15, 0.2) is 64.5 Å². The number of thioether (sulfide) groups is 1. The van der Waals surface area contributed by atoms with E-state index in [-0.39, 0.29) is 5.91 Å². The molecule has 0 aliphatic carbocycles. The van der Waals surface area contributed by atoms with Gasteiger partial charge >= 0.3 is 0 Å². The molecule has 1 aliphatic heterocycles. The second-order valence-electron chi connectivity index (χ2n) is 5.59. The molecule has 0 atom stereocenters. The van der Waals surface area contributed by atoms with Crippen LogP contribution in [-0.4, -0.2) is 17.7 Å². The molecular weight excluding hydrogens is 346 g/mol. The molecule has 1 fully saturated rings. The highest BCUT2D eigenvalue weighted by molar-refractivity contribution is 8.18. The van der Waals surface area contributed by atoms with Crippen molar-refractivity contribution in [2.75, 3.05) is 6.61 Å². The molecule has 26 heavy (non-hydrogen) atoms. The number of ether oxygens (including phenoxy) is 1. The summed E-state index contributed by atoms with van der Waals surface area (Å²) in [4.78, 5) is 15.9. The normalized spacial score (nSPS) is 16.5. The summed E-state index contributed by atoms with van der Waals surface area (Å²) in [5.74, 6) is 0.556. The molecule has 0 aromatic heterocycles. The zero-order chi connectivity index (χ0) is 18.2. The van der Waals surface area contributed by atoms with Crippen molar-refractivity contribution in [3.8, 4) is 11.9 Å². The zero-order valence-corrected chi connectivity index (χ0v) is 14.8. The lowest BCUT2D eigenvalue weighted by Gasteiger charge is -2.06. The van der Waals surface area contributed by atoms with Crippen LogP contribution in [0.5, 0.6) is 5.75 Å². The minimum atomic E-state index is -0.245. The van der Waals surface area contributed by atoms with Gasteiger partial charge in [0.2, 0.25) is 6.19 Å². The van der Waals surface area contributed by atoms with Crippen molar-refractivity contribution in [3.63, 3.8) is 0 Å². The van der Waals surface area contributed by atoms with Gasteiger partial charge in [-0.3, -0.25) is 10.1 Å². The highest BCUT2D eigenvalue weighted by atomic mass is 32.2. The second-order valence-corrected chi connectivity index (χ2v) is 6.62. The van der Waals surface area contributed by atoms with Gasteiger partial charge in [0, 0.05) is 0 Å². The molecule has 1 heterocycles. The SMILES string of the molecule is N#CN=C1NC(=O)C(=Cc2ccc(OCCCc3ccccc3)cc2)S1. The third kappa shape index (κ3) is 4.98. The van der Waals surface area contributed by atoms with E-state index in [0.717, 1.165) is 35.9 Å². The van der Waals surface area contributed by atoms with Crippen molar-refractivity contribution >= 4 is 28.9 Å². The molecule has 0 unspecified atom stereocenters. The molecular formula is C20H17N3O2S. The van der Waals surface area contributed by atoms with E-state index in [1.54, 1.807) is 12.3 Å². The first kappa shape index (κ1) is 17.8. The quantitative estimate of drug-likeness (QED) is 0.482. The molecule has 0 bridgehead atoms. The summed E-state index contributed by atoms with van der Waals surface area (Å²) in [6.45, 7) is 0.654. The zero-order valence-electron chi connectivity index (χ0n) is 14.0. The molecule has 5 nitrogen and oxygen atoms in total. The molecule has 0 radical (unpaired) electrons. The molecule has 0 saturated carbocycles. The molecule has 1 amide bonds. The lowest BCUT2D eigenvalue weighted by Crippen LogP contribution is -2.19. The van der Waals surface area contributed by atoms with E-state index in [9.17, 15) is 4.79 Å². The third-order valence-electron chi connectivity index (χ3n) is 3.70. The summed E-state index contributed by atoms with van der Waals surface area (Å²) in [5, 5.41) is 11.4. The number of amides is 1. The average molecular weight is 363 g/mol. The van der Waals surface area contributed by atoms with Gasteiger partial charge in [0.05, 0.1) is 11.5 Å². The van der Waals surface area contributed by atoms with E-state index in [1.807, 2.05) is 42.5 Å². The summed E-state index contributed by atoms with van der Waals surface area (Å²) in [6.07, 6.45) is 5.37. The fourth-order valence-corrected chi connectivity index (χ4v) is 3.23. The van der Waals surface area contributed by atoms with Crippen LogP contribution < -0.4 is 10.1 Å². The monoisotopic (exact) mass is 363 g/mol. The fourth-order valence-electron chi connectivity index (χ4n) is 2.45. The maximum absolute atomic E-state index is 11.8. The molecule has 3 rings (SSSR count). The first-order chi connectivity index (χ1) is 12.7. The Balaban J connectivity index is 1.51. The highest BCUT2D eigenvalue weighted by Gasteiger charge is 2.23. The summed E-state index contributed by atoms with van der Waals surface area (Å²) in [5.41, 5.74) is 2.20. The molecule has 2 aromatic rings. The first-order valence-corrected chi connectivity index (χ1v) is 9.01. The van der Waals surface area contributed by atoms with E-state index < -0.39 is 0 Å². The topological polar surface area (TPSA) is 74.5 Å². The van der Waals surface area contributed by atoms with E-state index >= 15 is 0 Å². The third-order valence-corrected chi connectivity index (χ3v) is 4.61. The fraction of sp³-hybridized carbons (Fsp3) is 0.150. The van der Waals surface area contributed by atoms with Gasteiger partial charge in [-0.1, -0.05) is 42.5 Å². The Hall–Kier alpha value is -3.04. The maximum atomic E-state index is 11.8. The number of nitrogens with one attached hydrogen (secondary N) is 1. The van der Waals surface area contributed by atoms with Crippen LogP contribution in [0.4, 0.5) is 0 Å². The van der Waals surface area contributed by atoms with Crippen molar-refractivity contribution in [1.29, 1.82) is 5.26 Å². The number of nitriles is 1. The Morgan fingerprint density at radius 1 is 1.15 bits per heavy atom. The summed E-state index contributed by atoms with van der Waals surface area (Å²) in [6, 6.07) is 17.9. The number of nitrogens with zero attached hydrogens (tertiary/aromatic N) is 2. The molecule has 1 aliphatic rings. The molecule has 1 saturated heterocycles. The number of carbonyl (C=O) groups excluding carboxylic acids is 1. The predicted molar refractivity (Wildman–Crippen MR) is 103 cm³/mol. The van der Waals surface area contributed by atoms with Gasteiger partial charge in [-0.15, -0.1) is 4.99 Å². The molecule has 2 aromatic carbocycles. The lowest BCUT2D eigenvalue weighted by molar-refractivity contribution is -0.115. The Labute approximate surface area is 156 Å². The molecule has 6 heteroatoms. The van der Waals surface area contributed by atoms with Crippen LogP contribution in [0.1, 0.15) is 17.5 Å². The van der Waals surface area contributed by atoms with Gasteiger partial charge in [0.15, 0.2) is 5.17 Å². The van der Waals surface area contributed by atoms with E-state index in [4.69, 9.17) is 10.00 Å². The van der Waals surface area contributed by atoms with Crippen LogP contribution >= 0.6 is 11.8 Å². The van der Waals surface area contributed by atoms with Crippen molar-refractivity contribution in [2.45, 2.75) is 12.8 Å². The van der Waals surface area contributed by atoms with Gasteiger partial charge < -0.3 is 4.74 Å². The van der Waals surface area contributed by atoms with Crippen LogP contribution in [0, 0.1) is 11.5 Å². The van der Waals surface area contributed by atoms with E-state index in [2.05, 4.69) is 22.4 Å². The van der Waals surface area contributed by atoms with Crippen molar-refractivity contribution in [2.24, 2.45) is 4.99 Å². The van der Waals surface area contributed by atoms with Gasteiger partial charge in [0.1, 0.15) is 5.75 Å². The summed E-state index contributed by atoms with van der Waals surface area (Å²) >= 11 is 1.15. The van der Waals surface area contributed by atoms with Gasteiger partial charge in [-0.2, -0.15) is 5.26 Å².